The molecule has 3 saturated heterocycles. The lowest BCUT2D eigenvalue weighted by Crippen LogP contribution is -2.71. The molecule has 0 bridgehead atoms. The molecule has 0 aromatic heterocycles. The summed E-state index contributed by atoms with van der Waals surface area (Å²) < 4.78 is -0.754. The second-order valence-electron chi connectivity index (χ2n) is 8.83. The molecule has 13 nitrogen and oxygen atoms in total. The van der Waals surface area contributed by atoms with Crippen LogP contribution in [0.2, 0.25) is 0 Å². The van der Waals surface area contributed by atoms with E-state index in [-0.39, 0.29) is 6.54 Å². The highest BCUT2D eigenvalue weighted by molar-refractivity contribution is 8.01. The fourth-order valence-electron chi connectivity index (χ4n) is 4.30. The Kier molecular flexibility index (Phi) is 6.09. The van der Waals surface area contributed by atoms with Crippen LogP contribution >= 0.6 is 11.8 Å². The molecule has 3 aliphatic heterocycles. The number of likely N-dealkylation sites (N-methyl/N-ethyl adjacent to an activating group) is 1. The van der Waals surface area contributed by atoms with E-state index in [1.807, 2.05) is 0 Å². The number of nitrogens with one attached hydrogen (secondary N) is 3. The average molecular weight is 505 g/mol. The van der Waals surface area contributed by atoms with Gasteiger partial charge in [-0.3, -0.25) is 19.3 Å². The maximum Gasteiger partial charge on any atom is 0.345 e. The zero-order valence-corrected chi connectivity index (χ0v) is 19.9. The Morgan fingerprint density at radius 1 is 1.14 bits per heavy atom. The number of fused-ring (bicyclic) bond motifs is 1. The topological polar surface area (TPSA) is 168 Å². The van der Waals surface area contributed by atoms with Gasteiger partial charge in [-0.25, -0.2) is 24.8 Å². The number of hydrogen-bond donors (Lipinski definition) is 4. The normalized spacial score (nSPS) is 25.6. The van der Waals surface area contributed by atoms with E-state index in [1.54, 1.807) is 44.2 Å². The van der Waals surface area contributed by atoms with E-state index in [2.05, 4.69) is 16.1 Å². The van der Waals surface area contributed by atoms with Crippen molar-refractivity contribution in [2.45, 2.75) is 42.1 Å². The third-order valence-corrected chi connectivity index (χ3v) is 7.64. The molecule has 1 aromatic rings. The highest BCUT2D eigenvalue weighted by Crippen LogP contribution is 2.50. The summed E-state index contributed by atoms with van der Waals surface area (Å²) in [5.74, 6) is -2.83. The molecule has 3 unspecified atom stereocenters. The van der Waals surface area contributed by atoms with Crippen LogP contribution in [0, 0.1) is 0 Å². The van der Waals surface area contributed by atoms with Gasteiger partial charge in [0.1, 0.15) is 30.0 Å². The molecule has 3 heterocycles. The summed E-state index contributed by atoms with van der Waals surface area (Å²) in [6, 6.07) is 3.40. The van der Waals surface area contributed by atoms with Crippen LogP contribution in [0.4, 0.5) is 9.59 Å². The van der Waals surface area contributed by atoms with Crippen LogP contribution in [-0.4, -0.2) is 91.5 Å². The second-order valence-corrected chi connectivity index (χ2v) is 10.6. The van der Waals surface area contributed by atoms with Gasteiger partial charge in [0.05, 0.1) is 0 Å². The van der Waals surface area contributed by atoms with Crippen molar-refractivity contribution in [3.05, 3.63) is 35.9 Å². The minimum Gasteiger partial charge on any atom is -0.480 e. The number of carboxylic acid groups (broad SMARTS) is 1. The Morgan fingerprint density at radius 2 is 1.80 bits per heavy atom. The minimum absolute atomic E-state index is 0.350. The van der Waals surface area contributed by atoms with Crippen LogP contribution in [0.25, 0.3) is 0 Å². The number of nitrogens with zero attached hydrogens (tertiary/aromatic N) is 3. The van der Waals surface area contributed by atoms with Crippen molar-refractivity contribution in [3.8, 4) is 0 Å². The highest BCUT2D eigenvalue weighted by Gasteiger charge is 2.64. The van der Waals surface area contributed by atoms with E-state index in [0.29, 0.717) is 5.56 Å². The molecule has 4 N–H and O–H groups in total. The number of imide groups is 1. The van der Waals surface area contributed by atoms with Crippen molar-refractivity contribution in [3.63, 3.8) is 0 Å². The number of thioether (sulfide) groups is 1. The molecule has 14 heteroatoms. The first kappa shape index (κ1) is 24.3. The van der Waals surface area contributed by atoms with Gasteiger partial charge in [-0.05, 0) is 19.4 Å². The van der Waals surface area contributed by atoms with E-state index in [4.69, 9.17) is 0 Å². The van der Waals surface area contributed by atoms with Gasteiger partial charge in [-0.2, -0.15) is 0 Å². The van der Waals surface area contributed by atoms with Crippen LogP contribution in [0.3, 0.4) is 0 Å². The molecule has 4 atom stereocenters. The fourth-order valence-corrected chi connectivity index (χ4v) is 5.92. The summed E-state index contributed by atoms with van der Waals surface area (Å²) >= 11 is 1.28. The maximum atomic E-state index is 13.2. The maximum absolute atomic E-state index is 13.2. The molecule has 186 valence electrons. The molecule has 3 aliphatic rings. The number of carboxylic acids is 1. The summed E-state index contributed by atoms with van der Waals surface area (Å²) in [5.41, 5.74) is 2.66. The monoisotopic (exact) mass is 504 g/mol. The first-order valence-electron chi connectivity index (χ1n) is 10.7. The Morgan fingerprint density at radius 3 is 2.37 bits per heavy atom. The van der Waals surface area contributed by atoms with E-state index >= 15 is 0 Å². The van der Waals surface area contributed by atoms with Crippen LogP contribution in [0.5, 0.6) is 0 Å². The van der Waals surface area contributed by atoms with Gasteiger partial charge in [0.2, 0.25) is 11.8 Å². The SMILES string of the molecule is CN1C(=O)CN(NC(=O)NC(C(=O)N[C@H]2C(=O)N3C2SC(C)(C)C3C(=O)O)c2ccccc2)C1=O. The van der Waals surface area contributed by atoms with Crippen molar-refractivity contribution in [2.75, 3.05) is 13.6 Å². The van der Waals surface area contributed by atoms with E-state index in [0.717, 1.165) is 9.91 Å². The van der Waals surface area contributed by atoms with Crippen molar-refractivity contribution in [1.29, 1.82) is 0 Å². The highest BCUT2D eigenvalue weighted by atomic mass is 32.2. The van der Waals surface area contributed by atoms with E-state index in [9.17, 15) is 33.9 Å². The number of benzene rings is 1. The van der Waals surface area contributed by atoms with Crippen LogP contribution in [0.1, 0.15) is 25.5 Å². The Labute approximate surface area is 204 Å². The molecule has 7 amide bonds. The molecular formula is C21H24N6O7S. The standard InChI is InChI=1S/C21H24N6O7S/c1-21(2)14(18(31)32)27-16(30)13(17(27)35-21)22-15(29)12(10-7-5-4-6-8-10)23-19(33)24-26-9-11(28)25(3)20(26)34/h4-8,12-14,17H,9H2,1-3H3,(H,22,29)(H,31,32)(H2,23,24,33)/t12?,13-,14?,17?/m0/s1. The number of hydrogen-bond acceptors (Lipinski definition) is 7. The third kappa shape index (κ3) is 4.24. The first-order chi connectivity index (χ1) is 16.4. The molecule has 3 fully saturated rings. The van der Waals surface area contributed by atoms with Gasteiger partial charge >= 0.3 is 18.0 Å². The van der Waals surface area contributed by atoms with Gasteiger partial charge in [-0.15, -0.1) is 11.8 Å². The van der Waals surface area contributed by atoms with Crippen molar-refractivity contribution < 1.29 is 33.9 Å². The lowest BCUT2D eigenvalue weighted by Gasteiger charge is -2.44. The number of carbonyl (C=O) groups is 6. The van der Waals surface area contributed by atoms with Gasteiger partial charge in [0.15, 0.2) is 0 Å². The fraction of sp³-hybridized carbons (Fsp3) is 0.429. The largest absolute Gasteiger partial charge is 0.480 e. The van der Waals surface area contributed by atoms with Gasteiger partial charge in [-0.1, -0.05) is 30.3 Å². The molecule has 0 saturated carbocycles. The summed E-state index contributed by atoms with van der Waals surface area (Å²) in [7, 11) is 1.28. The lowest BCUT2D eigenvalue weighted by molar-refractivity contribution is -0.161. The predicted octanol–water partition coefficient (Wildman–Crippen LogP) is -0.532. The molecule has 0 spiro atoms. The number of rotatable bonds is 6. The smallest absolute Gasteiger partial charge is 0.345 e. The Balaban J connectivity index is 1.47. The number of carbonyl (C=O) groups excluding carboxylic acids is 5. The number of aliphatic carboxylic acids is 1. The summed E-state index contributed by atoms with van der Waals surface area (Å²) in [4.78, 5) is 76.0. The summed E-state index contributed by atoms with van der Waals surface area (Å²) in [6.45, 7) is 3.10. The van der Waals surface area contributed by atoms with Gasteiger partial charge in [0.25, 0.3) is 5.91 Å². The zero-order valence-electron chi connectivity index (χ0n) is 19.0. The minimum atomic E-state index is -1.24. The summed E-state index contributed by atoms with van der Waals surface area (Å²) in [6.07, 6.45) is 0. The van der Waals surface area contributed by atoms with E-state index < -0.39 is 64.0 Å². The van der Waals surface area contributed by atoms with Crippen LogP contribution in [0.15, 0.2) is 30.3 Å². The Bertz CT molecular complexity index is 1110. The molecule has 0 aliphatic carbocycles. The third-order valence-electron chi connectivity index (χ3n) is 6.07. The average Bonchev–Trinajstić information content (AvgIpc) is 3.20. The van der Waals surface area contributed by atoms with Crippen molar-refractivity contribution in [1.82, 2.24) is 30.9 Å². The summed E-state index contributed by atoms with van der Waals surface area (Å²) in [5, 5.41) is 14.9. The second kappa shape index (κ2) is 8.76. The quantitative estimate of drug-likeness (QED) is 0.296. The van der Waals surface area contributed by atoms with Crippen molar-refractivity contribution >= 4 is 47.5 Å². The van der Waals surface area contributed by atoms with Gasteiger partial charge in [0, 0.05) is 11.8 Å². The number of hydrazine groups is 1. The van der Waals surface area contributed by atoms with Crippen molar-refractivity contribution in [2.24, 2.45) is 0 Å². The molecule has 1 aromatic carbocycles. The molecule has 35 heavy (non-hydrogen) atoms. The Hall–Kier alpha value is -3.81. The zero-order chi connectivity index (χ0) is 25.7. The number of amides is 7. The first-order valence-corrected chi connectivity index (χ1v) is 11.5. The molecular weight excluding hydrogens is 480 g/mol. The lowest BCUT2D eigenvalue weighted by atomic mass is 9.95. The molecule has 0 radical (unpaired) electrons. The van der Waals surface area contributed by atoms with Crippen LogP contribution < -0.4 is 16.1 Å². The molecule has 4 rings (SSSR count). The predicted molar refractivity (Wildman–Crippen MR) is 121 cm³/mol. The van der Waals surface area contributed by atoms with E-state index in [1.165, 1.54) is 23.7 Å². The van der Waals surface area contributed by atoms with Gasteiger partial charge < -0.3 is 20.6 Å². The van der Waals surface area contributed by atoms with Crippen LogP contribution in [-0.2, 0) is 19.2 Å². The number of urea groups is 2. The number of β-lactam (4-membered cyclic amide) rings is 1.